The molecule has 0 saturated heterocycles. The SMILES string of the molecule is CC(C)(Cc1ccc(OC(F)(F)F)cc1)C(=O)C(C)(C)n1cncn1. The molecule has 0 N–H and O–H groups in total. The first-order valence-electron chi connectivity index (χ1n) is 7.66. The number of halogens is 3. The van der Waals surface area contributed by atoms with Crippen LogP contribution in [-0.2, 0) is 16.8 Å². The van der Waals surface area contributed by atoms with Crippen LogP contribution in [0.4, 0.5) is 13.2 Å². The van der Waals surface area contributed by atoms with E-state index in [4.69, 9.17) is 0 Å². The number of rotatable bonds is 6. The highest BCUT2D eigenvalue weighted by Gasteiger charge is 2.41. The Morgan fingerprint density at radius 3 is 2.20 bits per heavy atom. The first kappa shape index (κ1) is 19.0. The molecule has 0 atom stereocenters. The van der Waals surface area contributed by atoms with E-state index in [9.17, 15) is 18.0 Å². The quantitative estimate of drug-likeness (QED) is 0.792. The van der Waals surface area contributed by atoms with Gasteiger partial charge in [0.2, 0.25) is 0 Å². The van der Waals surface area contributed by atoms with Crippen molar-refractivity contribution in [1.82, 2.24) is 14.8 Å². The molecule has 0 fully saturated rings. The fraction of sp³-hybridized carbons (Fsp3) is 0.471. The summed E-state index contributed by atoms with van der Waals surface area (Å²) in [7, 11) is 0. The molecule has 5 nitrogen and oxygen atoms in total. The second kappa shape index (κ2) is 6.50. The van der Waals surface area contributed by atoms with E-state index < -0.39 is 17.3 Å². The molecule has 1 aromatic heterocycles. The van der Waals surface area contributed by atoms with E-state index in [0.717, 1.165) is 5.56 Å². The van der Waals surface area contributed by atoms with E-state index in [1.165, 1.54) is 41.6 Å². The van der Waals surface area contributed by atoms with Crippen LogP contribution in [0.1, 0.15) is 33.3 Å². The maximum absolute atomic E-state index is 13.0. The average molecular weight is 355 g/mol. The average Bonchev–Trinajstić information content (AvgIpc) is 3.01. The molecular weight excluding hydrogens is 335 g/mol. The van der Waals surface area contributed by atoms with Gasteiger partial charge in [-0.25, -0.2) is 9.67 Å². The second-order valence-electron chi connectivity index (χ2n) is 6.98. The smallest absolute Gasteiger partial charge is 0.406 e. The number of benzene rings is 1. The van der Waals surface area contributed by atoms with Crippen LogP contribution >= 0.6 is 0 Å². The van der Waals surface area contributed by atoms with Crippen molar-refractivity contribution < 1.29 is 22.7 Å². The van der Waals surface area contributed by atoms with Crippen molar-refractivity contribution in [3.8, 4) is 5.75 Å². The summed E-state index contributed by atoms with van der Waals surface area (Å²) >= 11 is 0. The first-order valence-corrected chi connectivity index (χ1v) is 7.66. The number of hydrogen-bond donors (Lipinski definition) is 0. The number of Topliss-reactive ketones (excluding diaryl/α,β-unsaturated/α-hetero) is 1. The number of hydrogen-bond acceptors (Lipinski definition) is 4. The Labute approximate surface area is 143 Å². The van der Waals surface area contributed by atoms with Crippen LogP contribution in [0.5, 0.6) is 5.75 Å². The van der Waals surface area contributed by atoms with E-state index in [0.29, 0.717) is 6.42 Å². The van der Waals surface area contributed by atoms with Crippen molar-refractivity contribution in [3.63, 3.8) is 0 Å². The monoisotopic (exact) mass is 355 g/mol. The zero-order chi connectivity index (χ0) is 18.9. The fourth-order valence-corrected chi connectivity index (χ4v) is 2.83. The Morgan fingerprint density at radius 1 is 1.12 bits per heavy atom. The maximum Gasteiger partial charge on any atom is 0.573 e. The summed E-state index contributed by atoms with van der Waals surface area (Å²) in [4.78, 5) is 16.9. The van der Waals surface area contributed by atoms with Crippen molar-refractivity contribution in [2.24, 2.45) is 5.41 Å². The predicted octanol–water partition coefficient (Wildman–Crippen LogP) is 3.75. The van der Waals surface area contributed by atoms with E-state index >= 15 is 0 Å². The van der Waals surface area contributed by atoms with Crippen LogP contribution in [0.25, 0.3) is 0 Å². The van der Waals surface area contributed by atoms with E-state index in [1.807, 2.05) is 0 Å². The number of carbonyl (C=O) groups is 1. The van der Waals surface area contributed by atoms with Crippen molar-refractivity contribution in [2.45, 2.75) is 46.0 Å². The Bertz CT molecular complexity index is 721. The summed E-state index contributed by atoms with van der Waals surface area (Å²) in [6.45, 7) is 7.11. The molecule has 136 valence electrons. The van der Waals surface area contributed by atoms with Gasteiger partial charge in [-0.1, -0.05) is 26.0 Å². The molecule has 1 heterocycles. The van der Waals surface area contributed by atoms with Crippen molar-refractivity contribution in [1.29, 1.82) is 0 Å². The summed E-state index contributed by atoms with van der Waals surface area (Å²) < 4.78 is 42.0. The molecule has 25 heavy (non-hydrogen) atoms. The number of carbonyl (C=O) groups excluding carboxylic acids is 1. The van der Waals surface area contributed by atoms with Gasteiger partial charge < -0.3 is 4.74 Å². The summed E-state index contributed by atoms with van der Waals surface area (Å²) in [6, 6.07) is 5.54. The van der Waals surface area contributed by atoms with Crippen LogP contribution in [-0.4, -0.2) is 26.9 Å². The van der Waals surface area contributed by atoms with Crippen molar-refractivity contribution in [2.75, 3.05) is 0 Å². The van der Waals surface area contributed by atoms with Crippen LogP contribution in [0, 0.1) is 5.41 Å². The molecule has 0 aliphatic rings. The minimum atomic E-state index is -4.72. The molecule has 0 bridgehead atoms. The van der Waals surface area contributed by atoms with Crippen LogP contribution in [0.15, 0.2) is 36.9 Å². The molecule has 0 aliphatic carbocycles. The molecule has 0 radical (unpaired) electrons. The van der Waals surface area contributed by atoms with Gasteiger partial charge in [0.15, 0.2) is 5.78 Å². The van der Waals surface area contributed by atoms with Gasteiger partial charge in [-0.2, -0.15) is 5.10 Å². The zero-order valence-corrected chi connectivity index (χ0v) is 14.5. The van der Waals surface area contributed by atoms with Gasteiger partial charge in [0, 0.05) is 5.41 Å². The summed E-state index contributed by atoms with van der Waals surface area (Å²) in [5, 5.41) is 4.04. The third-order valence-corrected chi connectivity index (χ3v) is 3.96. The summed E-state index contributed by atoms with van der Waals surface area (Å²) in [5.74, 6) is -0.343. The van der Waals surface area contributed by atoms with E-state index in [2.05, 4.69) is 14.8 Å². The minimum absolute atomic E-state index is 0.0545. The molecule has 1 aromatic carbocycles. The lowest BCUT2D eigenvalue weighted by molar-refractivity contribution is -0.274. The van der Waals surface area contributed by atoms with Crippen molar-refractivity contribution in [3.05, 3.63) is 42.5 Å². The van der Waals surface area contributed by atoms with Crippen LogP contribution in [0.2, 0.25) is 0 Å². The third-order valence-electron chi connectivity index (χ3n) is 3.96. The van der Waals surface area contributed by atoms with Crippen LogP contribution < -0.4 is 4.74 Å². The highest BCUT2D eigenvalue weighted by molar-refractivity contribution is 5.90. The molecule has 0 unspecified atom stereocenters. The zero-order valence-electron chi connectivity index (χ0n) is 14.5. The highest BCUT2D eigenvalue weighted by atomic mass is 19.4. The van der Waals surface area contributed by atoms with Crippen molar-refractivity contribution >= 4 is 5.78 Å². The number of aromatic nitrogens is 3. The van der Waals surface area contributed by atoms with Gasteiger partial charge in [0.25, 0.3) is 0 Å². The van der Waals surface area contributed by atoms with Gasteiger partial charge in [-0.15, -0.1) is 13.2 Å². The normalized spacial score (nSPS) is 12.9. The molecule has 0 aliphatic heterocycles. The second-order valence-corrected chi connectivity index (χ2v) is 6.98. The molecule has 0 amide bonds. The molecular formula is C17H20F3N3O2. The molecule has 2 rings (SSSR count). The number of nitrogens with zero attached hydrogens (tertiary/aromatic N) is 3. The van der Waals surface area contributed by atoms with Gasteiger partial charge in [-0.05, 0) is 38.0 Å². The molecule has 8 heteroatoms. The number of ketones is 1. The van der Waals surface area contributed by atoms with Gasteiger partial charge >= 0.3 is 6.36 Å². The topological polar surface area (TPSA) is 57.0 Å². The van der Waals surface area contributed by atoms with Gasteiger partial charge in [-0.3, -0.25) is 4.79 Å². The minimum Gasteiger partial charge on any atom is -0.406 e. The maximum atomic E-state index is 13.0. The Hall–Kier alpha value is -2.38. The predicted molar refractivity (Wildman–Crippen MR) is 85.0 cm³/mol. The lowest BCUT2D eigenvalue weighted by Gasteiger charge is -2.33. The number of ether oxygens (including phenoxy) is 1. The summed E-state index contributed by atoms with van der Waals surface area (Å²) in [5.41, 5.74) is -0.900. The number of alkyl halides is 3. The highest BCUT2D eigenvalue weighted by Crippen LogP contribution is 2.32. The molecule has 2 aromatic rings. The van der Waals surface area contributed by atoms with E-state index in [1.54, 1.807) is 27.7 Å². The first-order chi connectivity index (χ1) is 11.4. The van der Waals surface area contributed by atoms with E-state index in [-0.39, 0.29) is 11.5 Å². The lowest BCUT2D eigenvalue weighted by atomic mass is 9.74. The van der Waals surface area contributed by atoms with Gasteiger partial charge in [0.1, 0.15) is 23.9 Å². The largest absolute Gasteiger partial charge is 0.573 e. The van der Waals surface area contributed by atoms with Gasteiger partial charge in [0.05, 0.1) is 0 Å². The third kappa shape index (κ3) is 4.58. The Kier molecular flexibility index (Phi) is 4.92. The summed E-state index contributed by atoms with van der Waals surface area (Å²) in [6.07, 6.45) is -1.51. The fourth-order valence-electron chi connectivity index (χ4n) is 2.83. The standard InChI is InChI=1S/C17H20F3N3O2/c1-15(2,14(24)16(3,4)23-11-21-10-22-23)9-12-5-7-13(8-6-12)25-17(18,19)20/h5-8,10-11H,9H2,1-4H3. The lowest BCUT2D eigenvalue weighted by Crippen LogP contribution is -2.45. The molecule has 0 spiro atoms. The van der Waals surface area contributed by atoms with Crippen LogP contribution in [0.3, 0.4) is 0 Å². The Morgan fingerprint density at radius 2 is 1.72 bits per heavy atom. The molecule has 0 saturated carbocycles. The Balaban J connectivity index is 2.14.